The lowest BCUT2D eigenvalue weighted by molar-refractivity contribution is 0.0705. The number of methoxy groups -OCH3 is 1. The molecule has 6 nitrogen and oxygen atoms in total. The normalized spacial score (nSPS) is 18.5. The molecule has 2 rings (SSSR count). The summed E-state index contributed by atoms with van der Waals surface area (Å²) in [6.07, 6.45) is 1.12. The summed E-state index contributed by atoms with van der Waals surface area (Å²) in [4.78, 5) is 14.5. The Hall–Kier alpha value is -1.31. The smallest absolute Gasteiger partial charge is 0.257 e. The first-order chi connectivity index (χ1) is 9.82. The van der Waals surface area contributed by atoms with Crippen molar-refractivity contribution in [3.8, 4) is 5.75 Å². The Kier molecular flexibility index (Phi) is 6.22. The number of ether oxygens (including phenoxy) is 1. The Bertz CT molecular complexity index is 648. The van der Waals surface area contributed by atoms with Crippen LogP contribution in [0, 0.1) is 0 Å². The maximum atomic E-state index is 12.6. The molecule has 8 heteroatoms. The molecule has 0 aromatic heterocycles. The average Bonchev–Trinajstić information content (AvgIpc) is 2.44. The minimum atomic E-state index is -3.36. The summed E-state index contributed by atoms with van der Waals surface area (Å²) in [5.74, 6) is 0.185. The van der Waals surface area contributed by atoms with Crippen molar-refractivity contribution in [3.63, 3.8) is 0 Å². The van der Waals surface area contributed by atoms with Gasteiger partial charge in [-0.05, 0) is 25.1 Å². The Balaban J connectivity index is 0.00000242. The topological polar surface area (TPSA) is 75.7 Å². The Labute approximate surface area is 137 Å². The fourth-order valence-electron chi connectivity index (χ4n) is 2.37. The summed E-state index contributed by atoms with van der Waals surface area (Å²) >= 11 is 0. The largest absolute Gasteiger partial charge is 0.496 e. The number of benzene rings is 1. The summed E-state index contributed by atoms with van der Waals surface area (Å²) in [6.45, 7) is 3.91. The van der Waals surface area contributed by atoms with Gasteiger partial charge in [-0.1, -0.05) is 0 Å². The highest BCUT2D eigenvalue weighted by Crippen LogP contribution is 2.24. The van der Waals surface area contributed by atoms with Crippen molar-refractivity contribution in [2.45, 2.75) is 17.9 Å². The fraction of sp³-hybridized carbons (Fsp3) is 0.500. The lowest BCUT2D eigenvalue weighted by atomic mass is 10.1. The SMILES string of the molecule is COc1ccc(S(C)(=O)=O)cc1C(=O)N1CCN[C@H](C)C1.Cl. The number of carbonyl (C=O) groups excluding carboxylic acids is 1. The van der Waals surface area contributed by atoms with E-state index in [1.807, 2.05) is 6.92 Å². The summed E-state index contributed by atoms with van der Waals surface area (Å²) in [5.41, 5.74) is 0.287. The third-order valence-corrected chi connectivity index (χ3v) is 4.60. The Morgan fingerprint density at radius 1 is 1.41 bits per heavy atom. The first-order valence-corrected chi connectivity index (χ1v) is 8.63. The molecule has 1 saturated heterocycles. The molecule has 1 N–H and O–H groups in total. The molecule has 1 fully saturated rings. The molecular weight excluding hydrogens is 328 g/mol. The van der Waals surface area contributed by atoms with E-state index in [1.54, 1.807) is 4.90 Å². The zero-order chi connectivity index (χ0) is 15.6. The molecule has 1 heterocycles. The molecule has 0 saturated carbocycles. The number of sulfone groups is 1. The lowest BCUT2D eigenvalue weighted by Gasteiger charge is -2.32. The molecule has 0 aliphatic carbocycles. The number of nitrogens with zero attached hydrogens (tertiary/aromatic N) is 1. The standard InChI is InChI=1S/C14H20N2O4S.ClH/c1-10-9-16(7-6-15-10)14(17)12-8-11(21(3,18)19)4-5-13(12)20-2;/h4-5,8,10,15H,6-7,9H2,1-3H3;1H/t10-;/m1./s1. The maximum absolute atomic E-state index is 12.6. The monoisotopic (exact) mass is 348 g/mol. The van der Waals surface area contributed by atoms with E-state index in [2.05, 4.69) is 5.32 Å². The van der Waals surface area contributed by atoms with Crippen molar-refractivity contribution in [2.24, 2.45) is 0 Å². The number of piperazine rings is 1. The third-order valence-electron chi connectivity index (χ3n) is 3.49. The van der Waals surface area contributed by atoms with Gasteiger partial charge in [-0.3, -0.25) is 4.79 Å². The van der Waals surface area contributed by atoms with Crippen LogP contribution in [0.3, 0.4) is 0 Å². The summed E-state index contributed by atoms with van der Waals surface area (Å²) in [6, 6.07) is 4.58. The van der Waals surface area contributed by atoms with Gasteiger partial charge in [0.25, 0.3) is 5.91 Å². The second-order valence-electron chi connectivity index (χ2n) is 5.24. The van der Waals surface area contributed by atoms with Gasteiger partial charge >= 0.3 is 0 Å². The van der Waals surface area contributed by atoms with Gasteiger partial charge in [0.15, 0.2) is 9.84 Å². The van der Waals surface area contributed by atoms with E-state index in [4.69, 9.17) is 4.74 Å². The molecule has 0 bridgehead atoms. The molecule has 1 amide bonds. The number of hydrogen-bond acceptors (Lipinski definition) is 5. The van der Waals surface area contributed by atoms with Crippen LogP contribution < -0.4 is 10.1 Å². The van der Waals surface area contributed by atoms with E-state index in [0.717, 1.165) is 12.8 Å². The molecule has 124 valence electrons. The van der Waals surface area contributed by atoms with Crippen LogP contribution in [-0.2, 0) is 9.84 Å². The van der Waals surface area contributed by atoms with Crippen LogP contribution in [0.4, 0.5) is 0 Å². The van der Waals surface area contributed by atoms with Gasteiger partial charge in [0.2, 0.25) is 0 Å². The van der Waals surface area contributed by atoms with E-state index in [0.29, 0.717) is 18.8 Å². The number of nitrogens with one attached hydrogen (secondary N) is 1. The summed E-state index contributed by atoms with van der Waals surface area (Å²) in [5, 5.41) is 3.26. The highest BCUT2D eigenvalue weighted by molar-refractivity contribution is 7.90. The minimum Gasteiger partial charge on any atom is -0.496 e. The number of carbonyl (C=O) groups is 1. The lowest BCUT2D eigenvalue weighted by Crippen LogP contribution is -2.51. The number of rotatable bonds is 3. The molecule has 1 aliphatic heterocycles. The van der Waals surface area contributed by atoms with Gasteiger partial charge < -0.3 is 15.0 Å². The molecule has 1 atom stereocenters. The predicted octanol–water partition coefficient (Wildman–Crippen LogP) is 0.954. The number of hydrogen-bond donors (Lipinski definition) is 1. The predicted molar refractivity (Wildman–Crippen MR) is 86.7 cm³/mol. The summed E-state index contributed by atoms with van der Waals surface area (Å²) < 4.78 is 28.5. The van der Waals surface area contributed by atoms with Gasteiger partial charge in [0.1, 0.15) is 5.75 Å². The molecule has 0 unspecified atom stereocenters. The quantitative estimate of drug-likeness (QED) is 0.880. The van der Waals surface area contributed by atoms with Crippen molar-refractivity contribution < 1.29 is 17.9 Å². The van der Waals surface area contributed by atoms with E-state index >= 15 is 0 Å². The van der Waals surface area contributed by atoms with Crippen LogP contribution in [0.25, 0.3) is 0 Å². The molecule has 1 aromatic carbocycles. The van der Waals surface area contributed by atoms with E-state index in [-0.39, 0.29) is 34.8 Å². The van der Waals surface area contributed by atoms with E-state index in [1.165, 1.54) is 25.3 Å². The second-order valence-corrected chi connectivity index (χ2v) is 7.26. The highest BCUT2D eigenvalue weighted by atomic mass is 35.5. The Morgan fingerprint density at radius 2 is 2.09 bits per heavy atom. The first-order valence-electron chi connectivity index (χ1n) is 6.73. The van der Waals surface area contributed by atoms with Crippen molar-refractivity contribution >= 4 is 28.2 Å². The van der Waals surface area contributed by atoms with Crippen molar-refractivity contribution in [2.75, 3.05) is 33.0 Å². The molecule has 1 aromatic rings. The average molecular weight is 349 g/mol. The zero-order valence-electron chi connectivity index (χ0n) is 12.8. The Morgan fingerprint density at radius 3 is 2.64 bits per heavy atom. The number of amides is 1. The molecule has 22 heavy (non-hydrogen) atoms. The molecule has 0 spiro atoms. The first kappa shape index (κ1) is 18.7. The van der Waals surface area contributed by atoms with Crippen molar-refractivity contribution in [1.82, 2.24) is 10.2 Å². The molecular formula is C14H21ClN2O4S. The van der Waals surface area contributed by atoms with E-state index < -0.39 is 9.84 Å². The van der Waals surface area contributed by atoms with Gasteiger partial charge in [-0.2, -0.15) is 0 Å². The van der Waals surface area contributed by atoms with Crippen LogP contribution >= 0.6 is 12.4 Å². The molecule has 0 radical (unpaired) electrons. The van der Waals surface area contributed by atoms with Crippen LogP contribution in [0.15, 0.2) is 23.1 Å². The van der Waals surface area contributed by atoms with Crippen LogP contribution in [0.1, 0.15) is 17.3 Å². The second kappa shape index (κ2) is 7.30. The van der Waals surface area contributed by atoms with Gasteiger partial charge in [0.05, 0.1) is 17.6 Å². The zero-order valence-corrected chi connectivity index (χ0v) is 14.5. The van der Waals surface area contributed by atoms with Gasteiger partial charge in [0, 0.05) is 31.9 Å². The van der Waals surface area contributed by atoms with E-state index in [9.17, 15) is 13.2 Å². The fourth-order valence-corrected chi connectivity index (χ4v) is 3.02. The highest BCUT2D eigenvalue weighted by Gasteiger charge is 2.25. The van der Waals surface area contributed by atoms with Crippen LogP contribution in [-0.4, -0.2) is 58.3 Å². The maximum Gasteiger partial charge on any atom is 0.257 e. The summed E-state index contributed by atoms with van der Waals surface area (Å²) in [7, 11) is -1.90. The van der Waals surface area contributed by atoms with Crippen LogP contribution in [0.2, 0.25) is 0 Å². The number of halogens is 1. The van der Waals surface area contributed by atoms with Crippen molar-refractivity contribution in [1.29, 1.82) is 0 Å². The minimum absolute atomic E-state index is 0. The van der Waals surface area contributed by atoms with Crippen molar-refractivity contribution in [3.05, 3.63) is 23.8 Å². The van der Waals surface area contributed by atoms with Gasteiger partial charge in [-0.25, -0.2) is 8.42 Å². The van der Waals surface area contributed by atoms with Gasteiger partial charge in [-0.15, -0.1) is 12.4 Å². The third kappa shape index (κ3) is 4.12. The molecule has 1 aliphatic rings. The van der Waals surface area contributed by atoms with Crippen LogP contribution in [0.5, 0.6) is 5.75 Å².